The zero-order chi connectivity index (χ0) is 81.4. The third-order valence-electron chi connectivity index (χ3n) is 19.6. The molecule has 16 bridgehead atoms. The quantitative estimate of drug-likeness (QED) is 0.0617. The van der Waals surface area contributed by atoms with Crippen LogP contribution in [0, 0.1) is 82.9 Å². The highest BCUT2D eigenvalue weighted by atomic mass is 32.2. The van der Waals surface area contributed by atoms with E-state index < -0.39 is 151 Å². The molecule has 2 aromatic carbocycles. The van der Waals surface area contributed by atoms with Crippen LogP contribution < -0.4 is 10.4 Å². The summed E-state index contributed by atoms with van der Waals surface area (Å²) in [7, 11) is -74.1. The van der Waals surface area contributed by atoms with Gasteiger partial charge in [0.1, 0.15) is 0 Å². The Kier molecular flexibility index (Phi) is 26.7. The van der Waals surface area contributed by atoms with E-state index in [9.17, 15) is 0 Å². The molecule has 0 spiro atoms. The summed E-state index contributed by atoms with van der Waals surface area (Å²) in [6.07, 6.45) is 0. The molecule has 0 unspecified atom stereocenters. The van der Waals surface area contributed by atoms with Crippen LogP contribution in [0.2, 0.25) is 84.6 Å². The van der Waals surface area contributed by atoms with E-state index >= 15 is 8.42 Å². The first-order valence-corrected chi connectivity index (χ1v) is 73.5. The first-order valence-electron chi connectivity index (χ1n) is 41.5. The Morgan fingerprint density at radius 3 is 0.378 bits per heavy atom. The smallest absolute Gasteiger partial charge is 0.373 e. The third kappa shape index (κ3) is 19.6. The van der Waals surface area contributed by atoms with Gasteiger partial charge in [0, 0.05) is 95.0 Å². The molecule has 12 heterocycles. The van der Waals surface area contributed by atoms with Crippen molar-refractivity contribution in [1.82, 2.24) is 0 Å². The van der Waals surface area contributed by atoms with Gasteiger partial charge in [-0.25, -0.2) is 8.42 Å². The highest BCUT2D eigenvalue weighted by molar-refractivity contribution is 7.91. The minimum atomic E-state index is -4.80. The Labute approximate surface area is 682 Å². The van der Waals surface area contributed by atoms with E-state index in [2.05, 4.69) is 194 Å². The van der Waals surface area contributed by atoms with Crippen LogP contribution in [0.4, 0.5) is 0 Å². The maximum atomic E-state index is 16.0. The van der Waals surface area contributed by atoms with Crippen molar-refractivity contribution in [2.45, 2.75) is 288 Å². The molecule has 111 heavy (non-hydrogen) atoms. The van der Waals surface area contributed by atoms with Crippen molar-refractivity contribution in [1.29, 1.82) is 0 Å². The van der Waals surface area contributed by atoms with E-state index in [1.807, 2.05) is 0 Å². The topological polar surface area (TPSA) is 256 Å². The zero-order valence-corrected chi connectivity index (χ0v) is 88.4. The van der Waals surface area contributed by atoms with Gasteiger partial charge in [-0.3, -0.25) is 0 Å². The minimum absolute atomic E-state index is 0.0134. The molecule has 12 fully saturated rings. The summed E-state index contributed by atoms with van der Waals surface area (Å²) in [4.78, 5) is -0.0563. The van der Waals surface area contributed by atoms with Gasteiger partial charge in [0.05, 0.1) is 9.79 Å². The van der Waals surface area contributed by atoms with Crippen molar-refractivity contribution in [3.63, 3.8) is 0 Å². The third-order valence-corrected chi connectivity index (χ3v) is 101. The molecule has 12 aliphatic rings. The molecule has 14 rings (SSSR count). The average Bonchev–Trinajstić information content (AvgIpc) is 0.686. The molecule has 0 aliphatic carbocycles. The van der Waals surface area contributed by atoms with Crippen molar-refractivity contribution in [2.24, 2.45) is 82.9 Å². The van der Waals surface area contributed by atoms with Gasteiger partial charge < -0.3 is 98.8 Å². The second kappa shape index (κ2) is 32.5. The number of rotatable bonds is 32. The molecule has 632 valence electrons. The molecule has 12 saturated heterocycles. The summed E-state index contributed by atoms with van der Waals surface area (Å²) in [6, 6.07) is 17.7. The lowest BCUT2D eigenvalue weighted by Gasteiger charge is -2.64. The summed E-state index contributed by atoms with van der Waals surface area (Å²) >= 11 is 0. The fourth-order valence-corrected chi connectivity index (χ4v) is 121. The van der Waals surface area contributed by atoms with Crippen LogP contribution in [0.15, 0.2) is 58.3 Å². The van der Waals surface area contributed by atoms with Gasteiger partial charge in [0.25, 0.3) is 0 Å². The molecular weight excluding hydrogens is 1710 g/mol. The minimum Gasteiger partial charge on any atom is -0.373 e. The van der Waals surface area contributed by atoms with E-state index in [0.29, 0.717) is 58.7 Å². The molecule has 0 atom stereocenters. The standard InChI is InChI=1S/C68H134O26SSi16/c1-51(2)37-96-71-98(39-53(5)6)77-104(45-59(17)18)79-99(72-96,40-54(7)8)81-106(47-61(21)22)82-100(73-96,41-55(9)10)80-105(78-98,46-60(19)20)90-110(89-104,91-106)67-33-29-65(30-34-67)95(69,70)66-31-35-68(36-32-66)111-92-107(48-62(23)24)83-101(42-56(11)12)74-97(38-52(3)4)75-102(85-107,43-57(13)14)87-109(94-111,50-64(27)28)88-103(76-97,44-58(15)16)86-108(84-101,93-111)49-63(25)26/h29-36,51-64H,37-50H2,1-28H3. The number of hydrogen-bond donors (Lipinski definition) is 0. The summed E-state index contributed by atoms with van der Waals surface area (Å²) in [5.41, 5.74) is 0. The normalized spacial score (nSPS) is 40.2. The van der Waals surface area contributed by atoms with Crippen LogP contribution in [0.3, 0.4) is 0 Å². The summed E-state index contributed by atoms with van der Waals surface area (Å²) in [6.45, 7) is 59.4. The van der Waals surface area contributed by atoms with Crippen LogP contribution in [0.5, 0.6) is 0 Å². The van der Waals surface area contributed by atoms with Crippen LogP contribution in [-0.2, 0) is 109 Å². The van der Waals surface area contributed by atoms with Crippen molar-refractivity contribution in [3.05, 3.63) is 48.5 Å². The van der Waals surface area contributed by atoms with Crippen molar-refractivity contribution in [3.8, 4) is 0 Å². The van der Waals surface area contributed by atoms with E-state index in [1.54, 1.807) is 48.5 Å². The molecule has 0 radical (unpaired) electrons. The largest absolute Gasteiger partial charge is 0.515 e. The molecule has 0 saturated carbocycles. The lowest BCUT2D eigenvalue weighted by Crippen LogP contribution is -2.90. The molecule has 0 aromatic heterocycles. The number of benzene rings is 2. The highest BCUT2D eigenvalue weighted by Crippen LogP contribution is 2.59. The molecule has 43 heteroatoms. The van der Waals surface area contributed by atoms with E-state index in [-0.39, 0.29) is 129 Å². The summed E-state index contributed by atoms with van der Waals surface area (Å²) in [5.74, 6) is -0.652. The number of hydrogen-bond acceptors (Lipinski definition) is 26. The van der Waals surface area contributed by atoms with Gasteiger partial charge in [0.15, 0.2) is 0 Å². The van der Waals surface area contributed by atoms with Crippen LogP contribution in [0.25, 0.3) is 0 Å². The van der Waals surface area contributed by atoms with Crippen LogP contribution >= 0.6 is 0 Å². The Hall–Kier alpha value is 0.900. The van der Waals surface area contributed by atoms with Gasteiger partial charge in [-0.05, 0) is 107 Å². The fraction of sp³-hybridized carbons (Fsp3) is 0.824. The Morgan fingerprint density at radius 2 is 0.279 bits per heavy atom. The predicted octanol–water partition coefficient (Wildman–Crippen LogP) is 15.7. The average molecular weight is 1850 g/mol. The fourth-order valence-electron chi connectivity index (χ4n) is 17.4. The summed E-state index contributed by atoms with van der Waals surface area (Å²) < 4.78 is 225. The maximum absolute atomic E-state index is 16.0. The summed E-state index contributed by atoms with van der Waals surface area (Å²) in [5, 5.41) is 0.827. The first kappa shape index (κ1) is 91.1. The van der Waals surface area contributed by atoms with Gasteiger partial charge in [-0.2, -0.15) is 0 Å². The maximum Gasteiger partial charge on any atom is 0.515 e. The van der Waals surface area contributed by atoms with Crippen LogP contribution in [-0.4, -0.2) is 149 Å². The lowest BCUT2D eigenvalue weighted by atomic mass is 10.3. The van der Waals surface area contributed by atoms with Gasteiger partial charge in [-0.1, -0.05) is 218 Å². The molecule has 12 aliphatic heterocycles. The number of sulfone groups is 1. The Bertz CT molecular complexity index is 3170. The van der Waals surface area contributed by atoms with E-state index in [4.69, 9.17) is 98.8 Å². The van der Waals surface area contributed by atoms with Crippen molar-refractivity contribution < 1.29 is 107 Å². The molecule has 0 amide bonds. The highest BCUT2D eigenvalue weighted by Gasteiger charge is 2.87. The van der Waals surface area contributed by atoms with Crippen LogP contribution in [0.1, 0.15) is 194 Å². The van der Waals surface area contributed by atoms with E-state index in [0.717, 1.165) is 0 Å². The van der Waals surface area contributed by atoms with Gasteiger partial charge in [0.2, 0.25) is 9.84 Å². The monoisotopic (exact) mass is 1850 g/mol. The lowest BCUT2D eigenvalue weighted by molar-refractivity contribution is -0.0364. The van der Waals surface area contributed by atoms with Crippen molar-refractivity contribution in [2.75, 3.05) is 0 Å². The second-order valence-corrected chi connectivity index (χ2v) is 88.8. The molecule has 2 aromatic rings. The molecular formula is C68H134O26SSi16. The van der Waals surface area contributed by atoms with Gasteiger partial charge >= 0.3 is 141 Å². The Morgan fingerprint density at radius 1 is 0.180 bits per heavy atom. The SMILES string of the molecule is CC(C)C[Si]12O[Si]3(CC(C)C)O[Si]4(CC(C)C)O[Si](CC(C)C)(O1)O[Si]1(CC(C)C)O[Si](CC(C)C)(O2)O[Si](CC(C)C)(O3)O[Si](c2ccc(S(=O)(=O)c3ccc([Si]56O[Si]7(CC(C)C)O[Si]8(CC(C)C)O[Si]9(CC(C)C)O[Si](CC(C)C)(O7)O[Si](CC(C)C)(O[Si](CC(C)C)(O9)O[Si](CC(C)C)(O8)O5)O6)cc3)cc2)(O4)O1. The van der Waals surface area contributed by atoms with E-state index in [1.165, 1.54) is 0 Å². The van der Waals surface area contributed by atoms with Gasteiger partial charge in [-0.15, -0.1) is 0 Å². The second-order valence-electron chi connectivity index (χ2n) is 39.0. The first-order chi connectivity index (χ1) is 51.2. The zero-order valence-electron chi connectivity index (χ0n) is 71.6. The molecule has 0 N–H and O–H groups in total. The molecule has 26 nitrogen and oxygen atoms in total. The van der Waals surface area contributed by atoms with Crippen molar-refractivity contribution >= 4 is 161 Å². The predicted molar refractivity (Wildman–Crippen MR) is 451 cm³/mol. The Balaban J connectivity index is 1.04.